The number of hydrogen-bond acceptors (Lipinski definition) is 4. The summed E-state index contributed by atoms with van der Waals surface area (Å²) in [6, 6.07) is 7.29. The summed E-state index contributed by atoms with van der Waals surface area (Å²) in [6.45, 7) is 1.90. The van der Waals surface area contributed by atoms with Gasteiger partial charge >= 0.3 is 0 Å². The van der Waals surface area contributed by atoms with Gasteiger partial charge in [-0.2, -0.15) is 0 Å². The van der Waals surface area contributed by atoms with Gasteiger partial charge in [0.25, 0.3) is 0 Å². The highest BCUT2D eigenvalue weighted by molar-refractivity contribution is 9.10. The molecule has 1 aromatic carbocycles. The quantitative estimate of drug-likeness (QED) is 0.930. The molecule has 0 saturated carbocycles. The number of ether oxygens (including phenoxy) is 2. The van der Waals surface area contributed by atoms with Gasteiger partial charge in [-0.15, -0.1) is 0 Å². The van der Waals surface area contributed by atoms with Crippen molar-refractivity contribution in [3.63, 3.8) is 0 Å². The molecule has 0 fully saturated rings. The fourth-order valence-corrected chi connectivity index (χ4v) is 2.64. The molecule has 0 aliphatic heterocycles. The molecule has 1 aromatic heterocycles. The van der Waals surface area contributed by atoms with Crippen molar-refractivity contribution in [1.29, 1.82) is 0 Å². The van der Waals surface area contributed by atoms with Crippen molar-refractivity contribution in [1.82, 2.24) is 4.98 Å². The van der Waals surface area contributed by atoms with E-state index in [1.165, 1.54) is 0 Å². The molecule has 0 spiro atoms. The minimum atomic E-state index is -0.805. The van der Waals surface area contributed by atoms with E-state index in [-0.39, 0.29) is 0 Å². The number of hydrogen-bond donors (Lipinski definition) is 1. The number of rotatable bonds is 4. The first kappa shape index (κ1) is 14.8. The molecule has 2 rings (SSSR count). The van der Waals surface area contributed by atoms with Crippen LogP contribution in [0.4, 0.5) is 0 Å². The zero-order valence-corrected chi connectivity index (χ0v) is 13.1. The predicted molar refractivity (Wildman–Crippen MR) is 80.3 cm³/mol. The Kier molecular flexibility index (Phi) is 4.62. The summed E-state index contributed by atoms with van der Waals surface area (Å²) in [5, 5.41) is 10.5. The Balaban J connectivity index is 2.46. The third-order valence-electron chi connectivity index (χ3n) is 3.06. The molecular formula is C15H16BrNO3. The Labute approximate surface area is 126 Å². The molecule has 0 amide bonds. The number of methoxy groups -OCH3 is 2. The van der Waals surface area contributed by atoms with Crippen LogP contribution in [0.1, 0.15) is 22.9 Å². The Hall–Kier alpha value is -1.59. The smallest absolute Gasteiger partial charge is 0.142 e. The normalized spacial score (nSPS) is 12.1. The van der Waals surface area contributed by atoms with Crippen molar-refractivity contribution in [2.24, 2.45) is 0 Å². The summed E-state index contributed by atoms with van der Waals surface area (Å²) >= 11 is 3.43. The number of nitrogens with zero attached hydrogens (tertiary/aromatic N) is 1. The van der Waals surface area contributed by atoms with Gasteiger partial charge in [0.2, 0.25) is 0 Å². The van der Waals surface area contributed by atoms with E-state index in [0.717, 1.165) is 5.69 Å². The van der Waals surface area contributed by atoms with Crippen LogP contribution < -0.4 is 9.47 Å². The second-order valence-corrected chi connectivity index (χ2v) is 5.13. The van der Waals surface area contributed by atoms with Crippen molar-refractivity contribution >= 4 is 15.9 Å². The molecule has 2 aromatic rings. The van der Waals surface area contributed by atoms with Crippen LogP contribution >= 0.6 is 15.9 Å². The van der Waals surface area contributed by atoms with Crippen molar-refractivity contribution in [3.05, 3.63) is 51.8 Å². The second-order valence-electron chi connectivity index (χ2n) is 4.34. The lowest BCUT2D eigenvalue weighted by molar-refractivity contribution is 0.213. The van der Waals surface area contributed by atoms with E-state index in [1.54, 1.807) is 32.5 Å². The summed E-state index contributed by atoms with van der Waals surface area (Å²) in [7, 11) is 3.14. The highest BCUT2D eigenvalue weighted by atomic mass is 79.9. The van der Waals surface area contributed by atoms with Crippen LogP contribution in [0.15, 0.2) is 34.9 Å². The number of benzene rings is 1. The number of aliphatic hydroxyl groups excluding tert-OH is 1. The van der Waals surface area contributed by atoms with Crippen LogP contribution in [0.3, 0.4) is 0 Å². The summed E-state index contributed by atoms with van der Waals surface area (Å²) in [6.07, 6.45) is 0.859. The van der Waals surface area contributed by atoms with E-state index in [0.29, 0.717) is 27.1 Å². The summed E-state index contributed by atoms with van der Waals surface area (Å²) < 4.78 is 11.3. The molecule has 4 nitrogen and oxygen atoms in total. The highest BCUT2D eigenvalue weighted by Gasteiger charge is 2.20. The fraction of sp³-hybridized carbons (Fsp3) is 0.267. The van der Waals surface area contributed by atoms with Crippen molar-refractivity contribution < 1.29 is 14.6 Å². The molecule has 1 atom stereocenters. The molecule has 0 bridgehead atoms. The van der Waals surface area contributed by atoms with Crippen molar-refractivity contribution in [2.45, 2.75) is 13.0 Å². The molecule has 0 aliphatic carbocycles. The first-order valence-electron chi connectivity index (χ1n) is 6.09. The SMILES string of the molecule is COc1ccc(C(O)c2ccc(C)nc2)c(OC)c1Br. The Morgan fingerprint density at radius 2 is 1.90 bits per heavy atom. The van der Waals surface area contributed by atoms with Gasteiger partial charge in [0.1, 0.15) is 22.1 Å². The third-order valence-corrected chi connectivity index (χ3v) is 3.81. The van der Waals surface area contributed by atoms with Crippen LogP contribution in [0, 0.1) is 6.92 Å². The first-order chi connectivity index (χ1) is 9.58. The Morgan fingerprint density at radius 3 is 2.45 bits per heavy atom. The van der Waals surface area contributed by atoms with Crippen molar-refractivity contribution in [2.75, 3.05) is 14.2 Å². The predicted octanol–water partition coefficient (Wildman–Crippen LogP) is 3.25. The first-order valence-corrected chi connectivity index (χ1v) is 6.88. The molecular weight excluding hydrogens is 322 g/mol. The molecule has 1 unspecified atom stereocenters. The maximum Gasteiger partial charge on any atom is 0.142 e. The molecule has 106 valence electrons. The molecule has 20 heavy (non-hydrogen) atoms. The Morgan fingerprint density at radius 1 is 1.15 bits per heavy atom. The minimum absolute atomic E-state index is 0.553. The lowest BCUT2D eigenvalue weighted by atomic mass is 10.0. The third kappa shape index (κ3) is 2.78. The van der Waals surface area contributed by atoms with Gasteiger partial charge < -0.3 is 14.6 Å². The van der Waals surface area contributed by atoms with E-state index in [1.807, 2.05) is 19.1 Å². The van der Waals surface area contributed by atoms with Gasteiger partial charge in [-0.05, 0) is 41.1 Å². The maximum absolute atomic E-state index is 10.5. The lowest BCUT2D eigenvalue weighted by Crippen LogP contribution is -2.04. The fourth-order valence-electron chi connectivity index (χ4n) is 1.95. The van der Waals surface area contributed by atoms with Gasteiger partial charge in [0, 0.05) is 23.0 Å². The molecule has 1 heterocycles. The van der Waals surface area contributed by atoms with Crippen molar-refractivity contribution in [3.8, 4) is 11.5 Å². The highest BCUT2D eigenvalue weighted by Crippen LogP contribution is 2.41. The second kappa shape index (κ2) is 6.24. The Bertz CT molecular complexity index is 599. The maximum atomic E-state index is 10.5. The zero-order chi connectivity index (χ0) is 14.7. The van der Waals surface area contributed by atoms with Gasteiger partial charge in [0.15, 0.2) is 0 Å². The summed E-state index contributed by atoms with van der Waals surface area (Å²) in [5.41, 5.74) is 2.28. The van der Waals surface area contributed by atoms with E-state index in [4.69, 9.17) is 9.47 Å². The van der Waals surface area contributed by atoms with E-state index in [2.05, 4.69) is 20.9 Å². The topological polar surface area (TPSA) is 51.6 Å². The van der Waals surface area contributed by atoms with Crippen LogP contribution in [0.25, 0.3) is 0 Å². The van der Waals surface area contributed by atoms with Gasteiger partial charge in [-0.1, -0.05) is 6.07 Å². The van der Waals surface area contributed by atoms with Crippen LogP contribution in [-0.2, 0) is 0 Å². The average molecular weight is 338 g/mol. The van der Waals surface area contributed by atoms with E-state index in [9.17, 15) is 5.11 Å². The molecule has 5 heteroatoms. The zero-order valence-electron chi connectivity index (χ0n) is 11.6. The molecule has 0 saturated heterocycles. The largest absolute Gasteiger partial charge is 0.495 e. The van der Waals surface area contributed by atoms with Crippen LogP contribution in [-0.4, -0.2) is 24.3 Å². The summed E-state index contributed by atoms with van der Waals surface area (Å²) in [4.78, 5) is 4.20. The summed E-state index contributed by atoms with van der Waals surface area (Å²) in [5.74, 6) is 1.21. The van der Waals surface area contributed by atoms with E-state index >= 15 is 0 Å². The minimum Gasteiger partial charge on any atom is -0.495 e. The van der Waals surface area contributed by atoms with E-state index < -0.39 is 6.10 Å². The number of aryl methyl sites for hydroxylation is 1. The van der Waals surface area contributed by atoms with Gasteiger partial charge in [0.05, 0.1) is 14.2 Å². The molecule has 0 aliphatic rings. The van der Waals surface area contributed by atoms with Crippen LogP contribution in [0.5, 0.6) is 11.5 Å². The number of halogens is 1. The number of aromatic nitrogens is 1. The monoisotopic (exact) mass is 337 g/mol. The number of pyridine rings is 1. The van der Waals surface area contributed by atoms with Gasteiger partial charge in [-0.3, -0.25) is 4.98 Å². The molecule has 1 N–H and O–H groups in total. The average Bonchev–Trinajstić information content (AvgIpc) is 2.47. The van der Waals surface area contributed by atoms with Gasteiger partial charge in [-0.25, -0.2) is 0 Å². The molecule has 0 radical (unpaired) electrons. The van der Waals surface area contributed by atoms with Crippen LogP contribution in [0.2, 0.25) is 0 Å². The lowest BCUT2D eigenvalue weighted by Gasteiger charge is -2.17. The standard InChI is InChI=1S/C15H16BrNO3/c1-9-4-5-10(8-17-9)14(18)11-6-7-12(19-2)13(16)15(11)20-3/h4-8,14,18H,1-3H3. The number of aliphatic hydroxyl groups is 1.